The van der Waals surface area contributed by atoms with Crippen molar-refractivity contribution in [2.45, 2.75) is 13.8 Å². The van der Waals surface area contributed by atoms with E-state index in [1.165, 1.54) is 6.92 Å². The van der Waals surface area contributed by atoms with E-state index < -0.39 is 0 Å². The number of nitrogens with one attached hydrogen (secondary N) is 1. The third kappa shape index (κ3) is 3.08. The summed E-state index contributed by atoms with van der Waals surface area (Å²) in [4.78, 5) is 32.4. The number of aromatic nitrogens is 2. The largest absolute Gasteiger partial charge is 0.322 e. The van der Waals surface area contributed by atoms with Crippen molar-refractivity contribution in [3.8, 4) is 0 Å². The molecule has 0 aliphatic carbocycles. The second kappa shape index (κ2) is 5.96. The number of aryl methyl sites for hydroxylation is 1. The number of carbonyl (C=O) groups is 2. The van der Waals surface area contributed by atoms with Crippen LogP contribution in [0, 0.1) is 6.92 Å². The number of amides is 1. The van der Waals surface area contributed by atoms with Crippen LogP contribution in [0.5, 0.6) is 0 Å². The van der Waals surface area contributed by atoms with Crippen molar-refractivity contribution in [1.29, 1.82) is 0 Å². The number of ketones is 1. The minimum absolute atomic E-state index is 0.0456. The van der Waals surface area contributed by atoms with Crippen molar-refractivity contribution in [2.24, 2.45) is 0 Å². The van der Waals surface area contributed by atoms with E-state index >= 15 is 0 Å². The highest BCUT2D eigenvalue weighted by Crippen LogP contribution is 2.18. The normalized spacial score (nSPS) is 10.5. The van der Waals surface area contributed by atoms with Crippen LogP contribution in [0.1, 0.15) is 33.3 Å². The van der Waals surface area contributed by atoms with Crippen LogP contribution in [0.3, 0.4) is 0 Å². The summed E-state index contributed by atoms with van der Waals surface area (Å²) in [6.07, 6.45) is 3.34. The predicted molar refractivity (Wildman–Crippen MR) is 88.7 cm³/mol. The molecule has 5 nitrogen and oxygen atoms in total. The van der Waals surface area contributed by atoms with Crippen LogP contribution in [-0.2, 0) is 0 Å². The third-order valence-electron chi connectivity index (χ3n) is 3.58. The lowest BCUT2D eigenvalue weighted by Gasteiger charge is -2.09. The van der Waals surface area contributed by atoms with Crippen molar-refractivity contribution in [3.05, 3.63) is 65.6 Å². The number of Topliss-reactive ketones (excluding diaryl/α,β-unsaturated/α-hetero) is 1. The smallest absolute Gasteiger partial charge is 0.257 e. The molecule has 0 radical (unpaired) electrons. The molecular formula is C18H15N3O2. The summed E-state index contributed by atoms with van der Waals surface area (Å²) in [5.74, 6) is -0.308. The zero-order chi connectivity index (χ0) is 16.4. The Labute approximate surface area is 133 Å². The quantitative estimate of drug-likeness (QED) is 0.753. The van der Waals surface area contributed by atoms with Crippen LogP contribution in [0.2, 0.25) is 0 Å². The fourth-order valence-electron chi connectivity index (χ4n) is 2.36. The Balaban J connectivity index is 1.93. The maximum atomic E-state index is 12.5. The van der Waals surface area contributed by atoms with Gasteiger partial charge in [-0.1, -0.05) is 12.1 Å². The molecule has 3 rings (SSSR count). The number of carbonyl (C=O) groups excluding carboxylic acids is 2. The van der Waals surface area contributed by atoms with E-state index in [0.717, 1.165) is 10.9 Å². The minimum atomic E-state index is -0.263. The van der Waals surface area contributed by atoms with Gasteiger partial charge in [0.15, 0.2) is 5.78 Å². The molecule has 1 amide bonds. The van der Waals surface area contributed by atoms with Crippen LogP contribution in [0.25, 0.3) is 10.9 Å². The molecule has 0 unspecified atom stereocenters. The SMILES string of the molecule is CC(=O)c1cccc(NC(=O)c2cc3cnccc3nc2C)c1. The van der Waals surface area contributed by atoms with Crippen LogP contribution >= 0.6 is 0 Å². The van der Waals surface area contributed by atoms with E-state index in [1.807, 2.05) is 0 Å². The van der Waals surface area contributed by atoms with Crippen LogP contribution < -0.4 is 5.32 Å². The average molecular weight is 305 g/mol. The van der Waals surface area contributed by atoms with Crippen molar-refractivity contribution in [1.82, 2.24) is 9.97 Å². The summed E-state index contributed by atoms with van der Waals surface area (Å²) >= 11 is 0. The molecule has 0 spiro atoms. The van der Waals surface area contributed by atoms with Crippen LogP contribution in [-0.4, -0.2) is 21.7 Å². The van der Waals surface area contributed by atoms with Crippen LogP contribution in [0.4, 0.5) is 5.69 Å². The van der Waals surface area contributed by atoms with Gasteiger partial charge in [0.05, 0.1) is 16.8 Å². The minimum Gasteiger partial charge on any atom is -0.322 e. The lowest BCUT2D eigenvalue weighted by atomic mass is 10.1. The van der Waals surface area contributed by atoms with Gasteiger partial charge in [0.1, 0.15) is 0 Å². The lowest BCUT2D eigenvalue weighted by Crippen LogP contribution is -2.14. The number of anilines is 1. The summed E-state index contributed by atoms with van der Waals surface area (Å²) < 4.78 is 0. The van der Waals surface area contributed by atoms with E-state index in [1.54, 1.807) is 55.7 Å². The summed E-state index contributed by atoms with van der Waals surface area (Å²) in [5, 5.41) is 3.61. The van der Waals surface area contributed by atoms with Gasteiger partial charge in [-0.25, -0.2) is 0 Å². The Morgan fingerprint density at radius 2 is 1.96 bits per heavy atom. The van der Waals surface area contributed by atoms with Gasteiger partial charge in [0.25, 0.3) is 5.91 Å². The molecule has 3 aromatic rings. The number of benzene rings is 1. The monoisotopic (exact) mass is 305 g/mol. The highest BCUT2D eigenvalue weighted by atomic mass is 16.1. The molecule has 0 atom stereocenters. The molecule has 0 saturated carbocycles. The van der Waals surface area contributed by atoms with Gasteiger partial charge in [-0.3, -0.25) is 19.6 Å². The third-order valence-corrected chi connectivity index (χ3v) is 3.58. The second-order valence-electron chi connectivity index (χ2n) is 5.28. The topological polar surface area (TPSA) is 72.0 Å². The molecule has 1 N–H and O–H groups in total. The van der Waals surface area contributed by atoms with Gasteiger partial charge in [-0.05, 0) is 38.1 Å². The van der Waals surface area contributed by atoms with Gasteiger partial charge in [-0.15, -0.1) is 0 Å². The Bertz CT molecular complexity index is 919. The first kappa shape index (κ1) is 14.8. The zero-order valence-electron chi connectivity index (χ0n) is 12.8. The molecule has 23 heavy (non-hydrogen) atoms. The lowest BCUT2D eigenvalue weighted by molar-refractivity contribution is 0.101. The molecule has 2 aromatic heterocycles. The molecule has 0 saturated heterocycles. The van der Waals surface area contributed by atoms with Gasteiger partial charge in [-0.2, -0.15) is 0 Å². The summed E-state index contributed by atoms with van der Waals surface area (Å²) in [5.41, 5.74) is 3.06. The van der Waals surface area contributed by atoms with E-state index in [9.17, 15) is 9.59 Å². The molecule has 114 valence electrons. The van der Waals surface area contributed by atoms with Gasteiger partial charge < -0.3 is 5.32 Å². The predicted octanol–water partition coefficient (Wildman–Crippen LogP) is 3.39. The molecule has 0 fully saturated rings. The fourth-order valence-corrected chi connectivity index (χ4v) is 2.36. The number of pyridine rings is 2. The molecule has 0 aliphatic rings. The zero-order valence-corrected chi connectivity index (χ0v) is 12.8. The number of nitrogens with zero attached hydrogens (tertiary/aromatic N) is 2. The number of fused-ring (bicyclic) bond motifs is 1. The Kier molecular flexibility index (Phi) is 3.85. The van der Waals surface area contributed by atoms with E-state index in [0.29, 0.717) is 22.5 Å². The fraction of sp³-hybridized carbons (Fsp3) is 0.111. The van der Waals surface area contributed by atoms with Crippen LogP contribution in [0.15, 0.2) is 48.8 Å². The van der Waals surface area contributed by atoms with E-state index in [2.05, 4.69) is 15.3 Å². The Hall–Kier alpha value is -3.08. The number of hydrogen-bond acceptors (Lipinski definition) is 4. The highest BCUT2D eigenvalue weighted by molar-refractivity contribution is 6.07. The van der Waals surface area contributed by atoms with Crippen molar-refractivity contribution in [2.75, 3.05) is 5.32 Å². The standard InChI is InChI=1S/C18H15N3O2/c1-11-16(9-14-10-19-7-6-17(14)20-11)18(23)21-15-5-3-4-13(8-15)12(2)22/h3-10H,1-2H3,(H,21,23). The number of rotatable bonds is 3. The first-order chi connectivity index (χ1) is 11.0. The highest BCUT2D eigenvalue weighted by Gasteiger charge is 2.12. The maximum absolute atomic E-state index is 12.5. The summed E-state index contributed by atoms with van der Waals surface area (Å²) in [6.45, 7) is 3.28. The number of hydrogen-bond donors (Lipinski definition) is 1. The average Bonchev–Trinajstić information content (AvgIpc) is 2.54. The van der Waals surface area contributed by atoms with Gasteiger partial charge >= 0.3 is 0 Å². The van der Waals surface area contributed by atoms with Gasteiger partial charge in [0.2, 0.25) is 0 Å². The van der Waals surface area contributed by atoms with E-state index in [4.69, 9.17) is 0 Å². The van der Waals surface area contributed by atoms with E-state index in [-0.39, 0.29) is 11.7 Å². The first-order valence-corrected chi connectivity index (χ1v) is 7.18. The molecule has 1 aromatic carbocycles. The summed E-state index contributed by atoms with van der Waals surface area (Å²) in [7, 11) is 0. The van der Waals surface area contributed by atoms with Crippen molar-refractivity contribution in [3.63, 3.8) is 0 Å². The second-order valence-corrected chi connectivity index (χ2v) is 5.28. The summed E-state index contributed by atoms with van der Waals surface area (Å²) in [6, 6.07) is 10.4. The van der Waals surface area contributed by atoms with Crippen molar-refractivity contribution < 1.29 is 9.59 Å². The molecule has 0 bridgehead atoms. The first-order valence-electron chi connectivity index (χ1n) is 7.18. The molecule has 0 aliphatic heterocycles. The van der Waals surface area contributed by atoms with Gasteiger partial charge in [0, 0.05) is 29.0 Å². The molecule has 2 heterocycles. The maximum Gasteiger partial charge on any atom is 0.257 e. The van der Waals surface area contributed by atoms with Crippen molar-refractivity contribution >= 4 is 28.3 Å². The molecule has 5 heteroatoms. The Morgan fingerprint density at radius 3 is 2.74 bits per heavy atom. The molecular weight excluding hydrogens is 290 g/mol. The Morgan fingerprint density at radius 1 is 1.13 bits per heavy atom.